The molecule has 306 valence electrons. The van der Waals surface area contributed by atoms with Gasteiger partial charge in [0.25, 0.3) is 11.8 Å². The van der Waals surface area contributed by atoms with Crippen molar-refractivity contribution in [3.63, 3.8) is 0 Å². The smallest absolute Gasteiger partial charge is 0.341 e. The van der Waals surface area contributed by atoms with Crippen LogP contribution in [0.1, 0.15) is 56.1 Å². The number of carbonyl (C=O) groups excluding carboxylic acids is 4. The zero-order valence-corrected chi connectivity index (χ0v) is 35.1. The molecule has 59 heavy (non-hydrogen) atoms. The number of esters is 1. The second-order valence-corrected chi connectivity index (χ2v) is 16.0. The van der Waals surface area contributed by atoms with Crippen molar-refractivity contribution in [2.45, 2.75) is 43.5 Å². The third kappa shape index (κ3) is 10.7. The molecule has 1 aliphatic heterocycles. The molecule has 6 rings (SSSR count). The molecule has 0 saturated heterocycles. The van der Waals surface area contributed by atoms with Crippen molar-refractivity contribution in [1.29, 1.82) is 0 Å². The maximum Gasteiger partial charge on any atom is 0.341 e. The van der Waals surface area contributed by atoms with Crippen LogP contribution in [0.15, 0.2) is 108 Å². The Hall–Kier alpha value is -6.09. The molecule has 0 bridgehead atoms. The Morgan fingerprint density at radius 2 is 1.54 bits per heavy atom. The molecule has 5 aromatic rings. The minimum atomic E-state index is -0.602. The predicted molar refractivity (Wildman–Crippen MR) is 232 cm³/mol. The first kappa shape index (κ1) is 42.5. The molecule has 1 atom stereocenters. The highest BCUT2D eigenvalue weighted by molar-refractivity contribution is 8.00. The summed E-state index contributed by atoms with van der Waals surface area (Å²) in [7, 11) is 4.48. The van der Waals surface area contributed by atoms with Gasteiger partial charge in [-0.2, -0.15) is 0 Å². The van der Waals surface area contributed by atoms with Crippen molar-refractivity contribution in [2.24, 2.45) is 0 Å². The first-order chi connectivity index (χ1) is 28.6. The van der Waals surface area contributed by atoms with Crippen LogP contribution in [0.2, 0.25) is 0 Å². The molecule has 1 unspecified atom stereocenters. The second kappa shape index (κ2) is 20.1. The van der Waals surface area contributed by atoms with Gasteiger partial charge in [0, 0.05) is 52.3 Å². The number of anilines is 2. The van der Waals surface area contributed by atoms with E-state index in [-0.39, 0.29) is 18.2 Å². The fourth-order valence-corrected chi connectivity index (χ4v) is 8.73. The summed E-state index contributed by atoms with van der Waals surface area (Å²) in [5.74, 6) is -0.608. The van der Waals surface area contributed by atoms with Gasteiger partial charge < -0.3 is 34.9 Å². The van der Waals surface area contributed by atoms with E-state index in [0.29, 0.717) is 62.5 Å². The molecule has 2 heterocycles. The lowest BCUT2D eigenvalue weighted by Crippen LogP contribution is -2.30. The minimum Gasteiger partial charge on any atom is -0.496 e. The van der Waals surface area contributed by atoms with Crippen LogP contribution >= 0.6 is 23.1 Å². The number of thiophene rings is 1. The van der Waals surface area contributed by atoms with Crippen molar-refractivity contribution >= 4 is 63.6 Å². The Labute approximate surface area is 351 Å². The van der Waals surface area contributed by atoms with Crippen LogP contribution in [0.5, 0.6) is 17.2 Å². The maximum atomic E-state index is 13.9. The number of methoxy groups -OCH3 is 3. The Morgan fingerprint density at radius 1 is 0.847 bits per heavy atom. The first-order valence-electron chi connectivity index (χ1n) is 19.0. The molecule has 0 fully saturated rings. The molecule has 0 spiro atoms. The molecule has 14 heteroatoms. The Kier molecular flexibility index (Phi) is 14.4. The van der Waals surface area contributed by atoms with Gasteiger partial charge in [-0.3, -0.25) is 19.3 Å². The van der Waals surface area contributed by atoms with Crippen LogP contribution in [0.4, 0.5) is 10.7 Å². The largest absolute Gasteiger partial charge is 0.496 e. The van der Waals surface area contributed by atoms with E-state index in [4.69, 9.17) is 18.9 Å². The monoisotopic (exact) mass is 834 g/mol. The number of amides is 3. The zero-order chi connectivity index (χ0) is 41.9. The van der Waals surface area contributed by atoms with Crippen LogP contribution in [0.3, 0.4) is 0 Å². The average Bonchev–Trinajstić information content (AvgIpc) is 3.60. The number of ether oxygens (including phenoxy) is 4. The maximum absolute atomic E-state index is 13.9. The molecule has 4 aromatic carbocycles. The lowest BCUT2D eigenvalue weighted by Gasteiger charge is -2.27. The van der Waals surface area contributed by atoms with Gasteiger partial charge in [-0.15, -0.1) is 23.1 Å². The highest BCUT2D eigenvalue weighted by atomic mass is 32.2. The summed E-state index contributed by atoms with van der Waals surface area (Å²) in [5.41, 5.74) is 3.75. The van der Waals surface area contributed by atoms with Gasteiger partial charge in [0.1, 0.15) is 16.4 Å². The van der Waals surface area contributed by atoms with E-state index in [2.05, 4.69) is 33.0 Å². The van der Waals surface area contributed by atoms with Gasteiger partial charge >= 0.3 is 5.97 Å². The van der Waals surface area contributed by atoms with Crippen LogP contribution in [-0.2, 0) is 33.8 Å². The molecule has 3 N–H and O–H groups in total. The molecule has 1 aliphatic rings. The highest BCUT2D eigenvalue weighted by Gasteiger charge is 2.30. The van der Waals surface area contributed by atoms with Crippen LogP contribution in [0, 0.1) is 0 Å². The number of rotatable bonds is 16. The third-order valence-corrected chi connectivity index (χ3v) is 11.7. The number of nitrogens with one attached hydrogen (secondary N) is 3. The zero-order valence-electron chi connectivity index (χ0n) is 33.5. The quantitative estimate of drug-likeness (QED) is 0.0508. The van der Waals surface area contributed by atoms with E-state index in [1.807, 2.05) is 24.3 Å². The topological polar surface area (TPSA) is 145 Å². The van der Waals surface area contributed by atoms with Crippen LogP contribution in [0.25, 0.3) is 6.08 Å². The molecular weight excluding hydrogens is 789 g/mol. The number of thioether (sulfide) groups is 1. The van der Waals surface area contributed by atoms with E-state index in [0.717, 1.165) is 23.5 Å². The van der Waals surface area contributed by atoms with Crippen LogP contribution < -0.4 is 30.2 Å². The van der Waals surface area contributed by atoms with E-state index in [1.165, 1.54) is 56.1 Å². The fourth-order valence-electron chi connectivity index (χ4n) is 6.52. The van der Waals surface area contributed by atoms with Gasteiger partial charge in [0.05, 0.1) is 38.7 Å². The van der Waals surface area contributed by atoms with E-state index in [9.17, 15) is 19.2 Å². The predicted octanol–water partition coefficient (Wildman–Crippen LogP) is 8.04. The number of fused-ring (bicyclic) bond motifs is 1. The fraction of sp³-hybridized carbons (Fsp3) is 0.244. The van der Waals surface area contributed by atoms with Crippen molar-refractivity contribution < 1.29 is 38.1 Å². The summed E-state index contributed by atoms with van der Waals surface area (Å²) in [6, 6.07) is 29.1. The first-order valence-corrected chi connectivity index (χ1v) is 20.6. The number of hydrogen-bond donors (Lipinski definition) is 3. The van der Waals surface area contributed by atoms with Crippen molar-refractivity contribution in [3.8, 4) is 17.2 Å². The molecule has 0 aliphatic carbocycles. The van der Waals surface area contributed by atoms with E-state index >= 15 is 0 Å². The second-order valence-electron chi connectivity index (χ2n) is 13.4. The summed E-state index contributed by atoms with van der Waals surface area (Å²) >= 11 is 2.71. The van der Waals surface area contributed by atoms with Gasteiger partial charge in [-0.05, 0) is 73.9 Å². The Morgan fingerprint density at radius 3 is 2.24 bits per heavy atom. The molecule has 0 saturated carbocycles. The minimum absolute atomic E-state index is 0.0607. The molecule has 3 amide bonds. The number of benzene rings is 4. The highest BCUT2D eigenvalue weighted by Crippen LogP contribution is 2.39. The normalized spacial score (nSPS) is 13.1. The third-order valence-electron chi connectivity index (χ3n) is 9.44. The SMILES string of the molecule is CCOC(=O)c1c(NC(=O)C(C)Sc2cccc(NC(=O)/C(=C\c3cc(OC)c(OC)cc3OC)NC(=O)c3ccccc3)c2)sc2c1CCN(Cc1ccccc1)C2. The van der Waals surface area contributed by atoms with Gasteiger partial charge in [-0.25, -0.2) is 4.79 Å². The van der Waals surface area contributed by atoms with Crippen molar-refractivity contribution in [1.82, 2.24) is 10.2 Å². The van der Waals surface area contributed by atoms with Crippen molar-refractivity contribution in [3.05, 3.63) is 135 Å². The van der Waals surface area contributed by atoms with Crippen LogP contribution in [-0.4, -0.2) is 68.3 Å². The lowest BCUT2D eigenvalue weighted by atomic mass is 10.0. The number of nitrogens with zero attached hydrogens (tertiary/aromatic N) is 1. The van der Waals surface area contributed by atoms with Gasteiger partial charge in [0.2, 0.25) is 5.91 Å². The number of carbonyl (C=O) groups is 4. The molecule has 0 radical (unpaired) electrons. The Bertz CT molecular complexity index is 2330. The lowest BCUT2D eigenvalue weighted by molar-refractivity contribution is -0.115. The average molecular weight is 835 g/mol. The summed E-state index contributed by atoms with van der Waals surface area (Å²) in [5, 5.41) is 8.56. The van der Waals surface area contributed by atoms with Crippen molar-refractivity contribution in [2.75, 3.05) is 45.1 Å². The summed E-state index contributed by atoms with van der Waals surface area (Å²) < 4.78 is 21.9. The van der Waals surface area contributed by atoms with E-state index < -0.39 is 23.0 Å². The molecule has 12 nitrogen and oxygen atoms in total. The summed E-state index contributed by atoms with van der Waals surface area (Å²) in [6.45, 7) is 5.99. The molecule has 1 aromatic heterocycles. The van der Waals surface area contributed by atoms with Gasteiger partial charge in [0.15, 0.2) is 11.5 Å². The number of hydrogen-bond acceptors (Lipinski definition) is 11. The summed E-state index contributed by atoms with van der Waals surface area (Å²) in [6.07, 6.45) is 2.16. The standard InChI is InChI=1S/C45H46N4O8S2/c1-6-57-45(53)40-34-20-21-49(26-29-14-9-7-10-15-29)27-39(34)59-44(40)48-41(50)28(2)58-33-19-13-18-32(24-33)46-43(52)35(47-42(51)30-16-11-8-12-17-30)22-31-23-37(55-4)38(56-5)25-36(31)54-3/h7-19,22-25,28H,6,20-21,26-27H2,1-5H3,(H,46,52)(H,47,51)(H,48,50)/b35-22+. The summed E-state index contributed by atoms with van der Waals surface area (Å²) in [4.78, 5) is 58.3. The van der Waals surface area contributed by atoms with E-state index in [1.54, 1.807) is 74.5 Å². The Balaban J connectivity index is 1.18. The van der Waals surface area contributed by atoms with Gasteiger partial charge in [-0.1, -0.05) is 54.6 Å². The molecular formula is C45H46N4O8S2.